The smallest absolute Gasteiger partial charge is 0.0731 e. The minimum absolute atomic E-state index is 0.143. The van der Waals surface area contributed by atoms with Crippen molar-refractivity contribution in [3.63, 3.8) is 0 Å². The Balaban J connectivity index is 3.86. The van der Waals surface area contributed by atoms with Crippen molar-refractivity contribution in [2.75, 3.05) is 37.1 Å². The Hall–Kier alpha value is 1.36. The molecule has 0 saturated carbocycles. The Bertz CT molecular complexity index is 206. The molecular formula is C15H33O3PS3. The third-order valence-electron chi connectivity index (χ3n) is 2.19. The van der Waals surface area contributed by atoms with Gasteiger partial charge in [0, 0.05) is 17.3 Å². The second-order valence-electron chi connectivity index (χ2n) is 5.48. The average molecular weight is 389 g/mol. The van der Waals surface area contributed by atoms with Gasteiger partial charge in [-0.25, -0.2) is 0 Å². The first-order valence-corrected chi connectivity index (χ1v) is 14.1. The maximum Gasteiger partial charge on any atom is 0.0731 e. The largest absolute Gasteiger partial charge is 0.378 e. The lowest BCUT2D eigenvalue weighted by Crippen LogP contribution is -2.06. The van der Waals surface area contributed by atoms with Crippen molar-refractivity contribution in [1.29, 1.82) is 0 Å². The molecule has 0 saturated heterocycles. The molecule has 134 valence electrons. The van der Waals surface area contributed by atoms with Crippen LogP contribution >= 0.6 is 39.7 Å². The molecule has 0 aromatic carbocycles. The van der Waals surface area contributed by atoms with Gasteiger partial charge in [0.2, 0.25) is 0 Å². The van der Waals surface area contributed by atoms with Crippen LogP contribution in [0.25, 0.3) is 0 Å². The van der Waals surface area contributed by atoms with Crippen LogP contribution in [0.1, 0.15) is 41.5 Å². The van der Waals surface area contributed by atoms with Gasteiger partial charge in [0.1, 0.15) is 0 Å². The molecule has 0 atom stereocenters. The summed E-state index contributed by atoms with van der Waals surface area (Å²) in [5.74, 6) is 3.21. The second-order valence-corrected chi connectivity index (χ2v) is 15.6. The Morgan fingerprint density at radius 3 is 1.09 bits per heavy atom. The fraction of sp³-hybridized carbons (Fsp3) is 1.00. The molecule has 0 aliphatic carbocycles. The standard InChI is InChI=1S/C15H33O3PS3/c1-13(2)16-7-10-20-19(21-11-8-17-14(3)4)22-12-9-18-15(5)6/h13-15H,7-12H2,1-6H3. The van der Waals surface area contributed by atoms with Gasteiger partial charge in [-0.3, -0.25) is 0 Å². The Morgan fingerprint density at radius 1 is 0.591 bits per heavy atom. The highest BCUT2D eigenvalue weighted by Crippen LogP contribution is 2.69. The molecule has 0 rings (SSSR count). The molecule has 0 radical (unpaired) electrons. The van der Waals surface area contributed by atoms with E-state index < -0.39 is 0 Å². The lowest BCUT2D eigenvalue weighted by Gasteiger charge is -2.17. The number of rotatable bonds is 15. The highest BCUT2D eigenvalue weighted by Gasteiger charge is 2.11. The van der Waals surface area contributed by atoms with Crippen molar-refractivity contribution in [1.82, 2.24) is 0 Å². The van der Waals surface area contributed by atoms with Crippen molar-refractivity contribution in [2.45, 2.75) is 59.9 Å². The molecule has 0 unspecified atom stereocenters. The first kappa shape index (κ1) is 23.4. The van der Waals surface area contributed by atoms with Gasteiger partial charge in [0.25, 0.3) is 0 Å². The first-order chi connectivity index (χ1) is 10.4. The molecular weight excluding hydrogens is 355 g/mol. The van der Waals surface area contributed by atoms with Crippen molar-refractivity contribution in [3.8, 4) is 0 Å². The lowest BCUT2D eigenvalue weighted by atomic mass is 10.5. The van der Waals surface area contributed by atoms with Gasteiger partial charge >= 0.3 is 0 Å². The molecule has 0 N–H and O–H groups in total. The molecule has 0 heterocycles. The van der Waals surface area contributed by atoms with Gasteiger partial charge in [0.05, 0.1) is 43.7 Å². The SMILES string of the molecule is CC(C)OCCSP(SCCOC(C)C)SCCOC(C)C. The third-order valence-corrected chi connectivity index (χ3v) is 13.1. The van der Waals surface area contributed by atoms with E-state index in [1.54, 1.807) is 0 Å². The van der Waals surface area contributed by atoms with Crippen molar-refractivity contribution in [2.24, 2.45) is 0 Å². The summed E-state index contributed by atoms with van der Waals surface area (Å²) in [6.07, 6.45) is 0.975. The van der Waals surface area contributed by atoms with Crippen LogP contribution in [0.15, 0.2) is 0 Å². The molecule has 0 aliphatic rings. The predicted molar refractivity (Wildman–Crippen MR) is 108 cm³/mol. The van der Waals surface area contributed by atoms with E-state index in [0.717, 1.165) is 37.1 Å². The molecule has 7 heteroatoms. The van der Waals surface area contributed by atoms with Crippen LogP contribution in [0.4, 0.5) is 0 Å². The normalized spacial score (nSPS) is 12.3. The van der Waals surface area contributed by atoms with Crippen LogP contribution in [0.5, 0.6) is 0 Å². The van der Waals surface area contributed by atoms with Crippen molar-refractivity contribution >= 4 is 39.7 Å². The van der Waals surface area contributed by atoms with Gasteiger partial charge in [0.15, 0.2) is 0 Å². The second kappa shape index (κ2) is 15.9. The molecule has 0 spiro atoms. The summed E-state index contributed by atoms with van der Waals surface area (Å²) in [5, 5.41) is 0. The van der Waals surface area contributed by atoms with Crippen LogP contribution in [0.2, 0.25) is 0 Å². The zero-order valence-corrected chi connectivity index (χ0v) is 18.2. The maximum absolute atomic E-state index is 5.63. The molecule has 0 bridgehead atoms. The van der Waals surface area contributed by atoms with Crippen LogP contribution in [0, 0.1) is 0 Å². The highest BCUT2D eigenvalue weighted by molar-refractivity contribution is 9.12. The number of ether oxygens (including phenoxy) is 3. The summed E-state index contributed by atoms with van der Waals surface area (Å²) in [5.41, 5.74) is -0.143. The summed E-state index contributed by atoms with van der Waals surface area (Å²) in [6, 6.07) is 0. The Kier molecular flexibility index (Phi) is 16.8. The Labute approximate surface area is 150 Å². The summed E-state index contributed by atoms with van der Waals surface area (Å²) >= 11 is 6.11. The molecule has 0 aromatic rings. The van der Waals surface area contributed by atoms with E-state index in [0.29, 0.717) is 18.3 Å². The molecule has 3 nitrogen and oxygen atoms in total. The first-order valence-electron chi connectivity index (χ1n) is 7.95. The quantitative estimate of drug-likeness (QED) is 0.264. The van der Waals surface area contributed by atoms with E-state index in [9.17, 15) is 0 Å². The Morgan fingerprint density at radius 2 is 0.864 bits per heavy atom. The van der Waals surface area contributed by atoms with E-state index >= 15 is 0 Å². The molecule has 0 aromatic heterocycles. The molecule has 22 heavy (non-hydrogen) atoms. The minimum atomic E-state index is -0.143. The fourth-order valence-corrected chi connectivity index (χ4v) is 11.2. The van der Waals surface area contributed by atoms with Gasteiger partial charge < -0.3 is 14.2 Å². The monoisotopic (exact) mass is 388 g/mol. The van der Waals surface area contributed by atoms with Gasteiger partial charge in [-0.05, 0) is 41.5 Å². The van der Waals surface area contributed by atoms with Crippen LogP contribution in [0.3, 0.4) is 0 Å². The van der Waals surface area contributed by atoms with E-state index in [1.165, 1.54) is 0 Å². The average Bonchev–Trinajstić information content (AvgIpc) is 2.42. The number of hydrogen-bond donors (Lipinski definition) is 0. The predicted octanol–water partition coefficient (Wildman–Crippen LogP) is 5.69. The van der Waals surface area contributed by atoms with E-state index in [-0.39, 0.29) is 5.53 Å². The van der Waals surface area contributed by atoms with Crippen LogP contribution in [-0.4, -0.2) is 55.4 Å². The summed E-state index contributed by atoms with van der Waals surface area (Å²) in [7, 11) is 0. The highest BCUT2D eigenvalue weighted by atomic mass is 33.4. The van der Waals surface area contributed by atoms with Crippen LogP contribution < -0.4 is 0 Å². The fourth-order valence-electron chi connectivity index (χ4n) is 1.30. The summed E-state index contributed by atoms with van der Waals surface area (Å²) in [6.45, 7) is 15.0. The molecule has 0 aliphatic heterocycles. The van der Waals surface area contributed by atoms with Crippen molar-refractivity contribution in [3.05, 3.63) is 0 Å². The van der Waals surface area contributed by atoms with E-state index in [4.69, 9.17) is 14.2 Å². The van der Waals surface area contributed by atoms with Crippen LogP contribution in [-0.2, 0) is 14.2 Å². The topological polar surface area (TPSA) is 27.7 Å². The van der Waals surface area contributed by atoms with E-state index in [2.05, 4.69) is 41.5 Å². The summed E-state index contributed by atoms with van der Waals surface area (Å²) < 4.78 is 16.9. The molecule has 0 fully saturated rings. The third kappa shape index (κ3) is 17.7. The molecule has 0 amide bonds. The zero-order valence-electron chi connectivity index (χ0n) is 14.9. The maximum atomic E-state index is 5.63. The van der Waals surface area contributed by atoms with Crippen molar-refractivity contribution < 1.29 is 14.2 Å². The lowest BCUT2D eigenvalue weighted by molar-refractivity contribution is 0.0920. The minimum Gasteiger partial charge on any atom is -0.378 e. The van der Waals surface area contributed by atoms with Gasteiger partial charge in [-0.15, -0.1) is 34.1 Å². The summed E-state index contributed by atoms with van der Waals surface area (Å²) in [4.78, 5) is 0. The number of hydrogen-bond acceptors (Lipinski definition) is 6. The zero-order chi connectivity index (χ0) is 16.8. The van der Waals surface area contributed by atoms with Gasteiger partial charge in [-0.1, -0.05) is 0 Å². The van der Waals surface area contributed by atoms with E-state index in [1.807, 2.05) is 34.1 Å². The van der Waals surface area contributed by atoms with Gasteiger partial charge in [-0.2, -0.15) is 0 Å².